The van der Waals surface area contributed by atoms with Gasteiger partial charge in [0.2, 0.25) is 0 Å². The molecule has 0 heterocycles. The van der Waals surface area contributed by atoms with Crippen molar-refractivity contribution in [2.45, 2.75) is 46.0 Å². The van der Waals surface area contributed by atoms with Crippen molar-refractivity contribution in [2.24, 2.45) is 0 Å². The largest absolute Gasteiger partial charge is 0.466 e. The molecule has 17 heavy (non-hydrogen) atoms. The lowest BCUT2D eigenvalue weighted by atomic mass is 10.1. The monoisotopic (exact) mass is 242 g/mol. The summed E-state index contributed by atoms with van der Waals surface area (Å²) < 4.78 is 9.75. The smallest absolute Gasteiger partial charge is 0.333 e. The van der Waals surface area contributed by atoms with Crippen molar-refractivity contribution in [3.8, 4) is 0 Å². The van der Waals surface area contributed by atoms with Crippen LogP contribution in [-0.4, -0.2) is 25.2 Å². The second-order valence-electron chi connectivity index (χ2n) is 3.89. The molecule has 0 unspecified atom stereocenters. The number of unbranched alkanes of at least 4 members (excludes halogenated alkanes) is 3. The van der Waals surface area contributed by atoms with E-state index in [1.807, 2.05) is 0 Å². The fourth-order valence-corrected chi connectivity index (χ4v) is 1.25. The van der Waals surface area contributed by atoms with Crippen LogP contribution in [0.4, 0.5) is 0 Å². The van der Waals surface area contributed by atoms with Gasteiger partial charge in [-0.3, -0.25) is 4.79 Å². The second-order valence-corrected chi connectivity index (χ2v) is 3.89. The third-order valence-electron chi connectivity index (χ3n) is 2.16. The molecule has 4 heteroatoms. The normalized spacial score (nSPS) is 9.76. The zero-order valence-corrected chi connectivity index (χ0v) is 10.8. The maximum atomic E-state index is 11.0. The van der Waals surface area contributed by atoms with E-state index >= 15 is 0 Å². The Labute approximate surface area is 103 Å². The SMILES string of the molecule is C=C(C)C(=O)OCCCCCCC(=O)OCC. The second kappa shape index (κ2) is 9.87. The van der Waals surface area contributed by atoms with Crippen molar-refractivity contribution in [3.05, 3.63) is 12.2 Å². The zero-order valence-electron chi connectivity index (χ0n) is 10.8. The van der Waals surface area contributed by atoms with Gasteiger partial charge in [-0.25, -0.2) is 4.79 Å². The van der Waals surface area contributed by atoms with E-state index < -0.39 is 0 Å². The average Bonchev–Trinajstić information content (AvgIpc) is 2.27. The van der Waals surface area contributed by atoms with Gasteiger partial charge in [-0.1, -0.05) is 19.4 Å². The van der Waals surface area contributed by atoms with Crippen LogP contribution in [0, 0.1) is 0 Å². The van der Waals surface area contributed by atoms with Crippen LogP contribution in [-0.2, 0) is 19.1 Å². The lowest BCUT2D eigenvalue weighted by molar-refractivity contribution is -0.143. The molecule has 0 radical (unpaired) electrons. The highest BCUT2D eigenvalue weighted by atomic mass is 16.5. The van der Waals surface area contributed by atoms with Crippen LogP contribution in [0.5, 0.6) is 0 Å². The first kappa shape index (κ1) is 15.7. The van der Waals surface area contributed by atoms with Crippen LogP contribution in [0.1, 0.15) is 46.0 Å². The van der Waals surface area contributed by atoms with Crippen LogP contribution >= 0.6 is 0 Å². The summed E-state index contributed by atoms with van der Waals surface area (Å²) in [7, 11) is 0. The molecule has 0 rings (SSSR count). The van der Waals surface area contributed by atoms with Gasteiger partial charge in [0.15, 0.2) is 0 Å². The van der Waals surface area contributed by atoms with E-state index in [2.05, 4.69) is 6.58 Å². The molecule has 0 amide bonds. The molecule has 0 atom stereocenters. The number of ether oxygens (including phenoxy) is 2. The lowest BCUT2D eigenvalue weighted by Crippen LogP contribution is -2.06. The summed E-state index contributed by atoms with van der Waals surface area (Å²) in [4.78, 5) is 22.0. The maximum absolute atomic E-state index is 11.0. The van der Waals surface area contributed by atoms with Crippen LogP contribution in [0.25, 0.3) is 0 Å². The number of esters is 2. The molecule has 0 N–H and O–H groups in total. The molecule has 0 bridgehead atoms. The molecule has 0 aromatic heterocycles. The molecule has 98 valence electrons. The topological polar surface area (TPSA) is 52.6 Å². The Morgan fingerprint density at radius 1 is 1.06 bits per heavy atom. The van der Waals surface area contributed by atoms with Crippen molar-refractivity contribution in [3.63, 3.8) is 0 Å². The van der Waals surface area contributed by atoms with Gasteiger partial charge in [0.25, 0.3) is 0 Å². The van der Waals surface area contributed by atoms with Gasteiger partial charge >= 0.3 is 11.9 Å². The Morgan fingerprint density at radius 3 is 2.29 bits per heavy atom. The molecule has 0 saturated carbocycles. The van der Waals surface area contributed by atoms with E-state index in [4.69, 9.17) is 9.47 Å². The number of rotatable bonds is 9. The zero-order chi connectivity index (χ0) is 13.1. The van der Waals surface area contributed by atoms with Crippen LogP contribution in [0.3, 0.4) is 0 Å². The van der Waals surface area contributed by atoms with Crippen LogP contribution in [0.2, 0.25) is 0 Å². The fraction of sp³-hybridized carbons (Fsp3) is 0.692. The van der Waals surface area contributed by atoms with Gasteiger partial charge in [0.05, 0.1) is 13.2 Å². The van der Waals surface area contributed by atoms with Gasteiger partial charge in [-0.15, -0.1) is 0 Å². The maximum Gasteiger partial charge on any atom is 0.333 e. The third kappa shape index (κ3) is 9.60. The van der Waals surface area contributed by atoms with Gasteiger partial charge in [-0.2, -0.15) is 0 Å². The Bertz CT molecular complexity index is 258. The van der Waals surface area contributed by atoms with Crippen molar-refractivity contribution < 1.29 is 19.1 Å². The van der Waals surface area contributed by atoms with Gasteiger partial charge < -0.3 is 9.47 Å². The van der Waals surface area contributed by atoms with E-state index in [1.54, 1.807) is 13.8 Å². The Balaban J connectivity index is 3.27. The lowest BCUT2D eigenvalue weighted by Gasteiger charge is -2.04. The number of hydrogen-bond acceptors (Lipinski definition) is 4. The molecule has 0 aliphatic carbocycles. The van der Waals surface area contributed by atoms with E-state index in [0.717, 1.165) is 25.7 Å². The predicted molar refractivity (Wildman–Crippen MR) is 65.5 cm³/mol. The Hall–Kier alpha value is -1.32. The molecule has 0 aromatic rings. The van der Waals surface area contributed by atoms with E-state index in [1.165, 1.54) is 0 Å². The molecule has 0 aliphatic heterocycles. The van der Waals surface area contributed by atoms with Crippen molar-refractivity contribution in [1.82, 2.24) is 0 Å². The van der Waals surface area contributed by atoms with E-state index in [0.29, 0.717) is 25.2 Å². The van der Waals surface area contributed by atoms with E-state index in [9.17, 15) is 9.59 Å². The number of carbonyl (C=O) groups excluding carboxylic acids is 2. The predicted octanol–water partition coefficient (Wildman–Crippen LogP) is 2.62. The molecular weight excluding hydrogens is 220 g/mol. The molecule has 0 aliphatic rings. The highest BCUT2D eigenvalue weighted by Gasteiger charge is 2.03. The van der Waals surface area contributed by atoms with Gasteiger partial charge in [-0.05, 0) is 26.7 Å². The highest BCUT2D eigenvalue weighted by Crippen LogP contribution is 2.05. The third-order valence-corrected chi connectivity index (χ3v) is 2.16. The highest BCUT2D eigenvalue weighted by molar-refractivity contribution is 5.86. The van der Waals surface area contributed by atoms with Crippen molar-refractivity contribution >= 4 is 11.9 Å². The number of hydrogen-bond donors (Lipinski definition) is 0. The minimum absolute atomic E-state index is 0.138. The molecular formula is C13H22O4. The standard InChI is InChI=1S/C13H22O4/c1-4-16-12(14)9-7-5-6-8-10-17-13(15)11(2)3/h2,4-10H2,1,3H3. The molecule has 0 aromatic carbocycles. The Kier molecular flexibility index (Phi) is 9.11. The Morgan fingerprint density at radius 2 is 1.71 bits per heavy atom. The van der Waals surface area contributed by atoms with E-state index in [-0.39, 0.29) is 11.9 Å². The van der Waals surface area contributed by atoms with Crippen molar-refractivity contribution in [1.29, 1.82) is 0 Å². The summed E-state index contributed by atoms with van der Waals surface area (Å²) >= 11 is 0. The molecule has 4 nitrogen and oxygen atoms in total. The van der Waals surface area contributed by atoms with Gasteiger partial charge in [0, 0.05) is 12.0 Å². The molecule has 0 saturated heterocycles. The average molecular weight is 242 g/mol. The minimum atomic E-state index is -0.337. The quantitative estimate of drug-likeness (QED) is 0.354. The minimum Gasteiger partial charge on any atom is -0.466 e. The fourth-order valence-electron chi connectivity index (χ4n) is 1.25. The summed E-state index contributed by atoms with van der Waals surface area (Å²) in [6, 6.07) is 0. The summed E-state index contributed by atoms with van der Waals surface area (Å²) in [5.41, 5.74) is 0.423. The van der Waals surface area contributed by atoms with Crippen LogP contribution < -0.4 is 0 Å². The summed E-state index contributed by atoms with van der Waals surface area (Å²) in [5.74, 6) is -0.474. The summed E-state index contributed by atoms with van der Waals surface area (Å²) in [5, 5.41) is 0. The van der Waals surface area contributed by atoms with Crippen LogP contribution in [0.15, 0.2) is 12.2 Å². The summed E-state index contributed by atoms with van der Waals surface area (Å²) in [6.45, 7) is 7.78. The van der Waals surface area contributed by atoms with Gasteiger partial charge in [0.1, 0.15) is 0 Å². The summed E-state index contributed by atoms with van der Waals surface area (Å²) in [6.07, 6.45) is 4.01. The molecule has 0 fully saturated rings. The van der Waals surface area contributed by atoms with Crippen molar-refractivity contribution in [2.75, 3.05) is 13.2 Å². The first-order valence-corrected chi connectivity index (χ1v) is 6.06. The first-order valence-electron chi connectivity index (χ1n) is 6.06. The molecule has 0 spiro atoms. The first-order chi connectivity index (χ1) is 8.07. The number of carbonyl (C=O) groups is 2.